The van der Waals surface area contributed by atoms with Crippen molar-refractivity contribution in [3.63, 3.8) is 0 Å². The molecule has 0 radical (unpaired) electrons. The van der Waals surface area contributed by atoms with Crippen LogP contribution in [0, 0.1) is 25.2 Å². The van der Waals surface area contributed by atoms with Crippen molar-refractivity contribution in [2.75, 3.05) is 0 Å². The molecule has 0 saturated carbocycles. The molecule has 1 aromatic rings. The van der Waals surface area contributed by atoms with Gasteiger partial charge in [0.25, 0.3) is 0 Å². The van der Waals surface area contributed by atoms with Gasteiger partial charge < -0.3 is 0 Å². The molecule has 19 heavy (non-hydrogen) atoms. The van der Waals surface area contributed by atoms with Crippen LogP contribution in [0.4, 0.5) is 0 Å². The molecule has 1 rings (SSSR count). The molecule has 0 saturated heterocycles. The van der Waals surface area contributed by atoms with Crippen molar-refractivity contribution in [3.05, 3.63) is 34.9 Å². The highest BCUT2D eigenvalue weighted by Gasteiger charge is 2.23. The molecule has 0 aliphatic rings. The van der Waals surface area contributed by atoms with E-state index < -0.39 is 0 Å². The maximum absolute atomic E-state index is 2.38. The molecular formula is C19H36. The summed E-state index contributed by atoms with van der Waals surface area (Å²) in [6, 6.07) is 6.97. The number of rotatable bonds is 3. The first kappa shape index (κ1) is 20.5. The number of hydrogen-bond acceptors (Lipinski definition) is 0. The zero-order valence-electron chi connectivity index (χ0n) is 12.6. The Kier molecular flexibility index (Phi) is 8.35. The van der Waals surface area contributed by atoms with Gasteiger partial charge in [-0.3, -0.25) is 0 Å². The van der Waals surface area contributed by atoms with Gasteiger partial charge in [0, 0.05) is 0 Å². The van der Waals surface area contributed by atoms with Crippen LogP contribution >= 0.6 is 0 Å². The Morgan fingerprint density at radius 2 is 1.47 bits per heavy atom. The third kappa shape index (κ3) is 6.27. The Labute approximate surface area is 122 Å². The van der Waals surface area contributed by atoms with Gasteiger partial charge in [-0.1, -0.05) is 67.7 Å². The Balaban J connectivity index is 0. The van der Waals surface area contributed by atoms with Crippen LogP contribution < -0.4 is 0 Å². The molecule has 0 N–H and O–H groups in total. The van der Waals surface area contributed by atoms with Crippen LogP contribution in [0.15, 0.2) is 18.2 Å². The zero-order chi connectivity index (χ0) is 13.2. The molecule has 0 nitrogen and oxygen atoms in total. The molecule has 0 fully saturated rings. The van der Waals surface area contributed by atoms with E-state index >= 15 is 0 Å². The van der Waals surface area contributed by atoms with Gasteiger partial charge in [-0.15, -0.1) is 0 Å². The summed E-state index contributed by atoms with van der Waals surface area (Å²) in [5.74, 6) is 1.38. The number of benzene rings is 1. The van der Waals surface area contributed by atoms with Crippen molar-refractivity contribution in [1.82, 2.24) is 0 Å². The van der Waals surface area contributed by atoms with E-state index in [-0.39, 0.29) is 14.9 Å². The highest BCUT2D eigenvalue weighted by molar-refractivity contribution is 5.32. The Hall–Kier alpha value is -0.780. The summed E-state index contributed by atoms with van der Waals surface area (Å²) in [6.45, 7) is 16.1. The van der Waals surface area contributed by atoms with Gasteiger partial charge >= 0.3 is 0 Å². The van der Waals surface area contributed by atoms with Gasteiger partial charge in [-0.25, -0.2) is 0 Å². The topological polar surface area (TPSA) is 0 Å². The van der Waals surface area contributed by atoms with E-state index in [9.17, 15) is 0 Å². The van der Waals surface area contributed by atoms with Gasteiger partial charge in [-0.2, -0.15) is 0 Å². The van der Waals surface area contributed by atoms with E-state index in [1.807, 2.05) is 0 Å². The van der Waals surface area contributed by atoms with E-state index in [0.717, 1.165) is 0 Å². The second-order valence-corrected chi connectivity index (χ2v) is 6.96. The van der Waals surface area contributed by atoms with Gasteiger partial charge in [0.05, 0.1) is 0 Å². The maximum Gasteiger partial charge on any atom is -0.0134 e. The average molecular weight is 264 g/mol. The van der Waals surface area contributed by atoms with Gasteiger partial charge in [-0.05, 0) is 54.2 Å². The highest BCUT2D eigenvalue weighted by atomic mass is 14.3. The smallest absolute Gasteiger partial charge is 0.0134 e. The van der Waals surface area contributed by atoms with Crippen molar-refractivity contribution in [1.29, 1.82) is 0 Å². The SMILES string of the molecule is C.C.Cc1ccc(C(CC(C)(C)C)C(C)C)cc1C. The van der Waals surface area contributed by atoms with Crippen molar-refractivity contribution in [2.24, 2.45) is 11.3 Å². The first-order valence-corrected chi connectivity index (χ1v) is 6.78. The maximum atomic E-state index is 2.38. The minimum Gasteiger partial charge on any atom is -0.0776 e. The molecule has 1 aromatic carbocycles. The minimum atomic E-state index is 0. The summed E-state index contributed by atoms with van der Waals surface area (Å²) in [4.78, 5) is 0. The fraction of sp³-hybridized carbons (Fsp3) is 0.684. The van der Waals surface area contributed by atoms with Crippen LogP contribution in [0.3, 0.4) is 0 Å². The number of hydrogen-bond donors (Lipinski definition) is 0. The van der Waals surface area contributed by atoms with Crippen LogP contribution in [-0.2, 0) is 0 Å². The van der Waals surface area contributed by atoms with E-state index in [2.05, 4.69) is 66.7 Å². The lowest BCUT2D eigenvalue weighted by Gasteiger charge is -2.29. The summed E-state index contributed by atoms with van der Waals surface area (Å²) < 4.78 is 0. The molecule has 0 spiro atoms. The molecular weight excluding hydrogens is 228 g/mol. The molecule has 0 aliphatic carbocycles. The Morgan fingerprint density at radius 3 is 1.84 bits per heavy atom. The Morgan fingerprint density at radius 1 is 0.947 bits per heavy atom. The quantitative estimate of drug-likeness (QED) is 0.566. The Bertz CT molecular complexity index is 366. The summed E-state index contributed by atoms with van der Waals surface area (Å²) >= 11 is 0. The number of aryl methyl sites for hydroxylation is 2. The molecule has 0 amide bonds. The van der Waals surface area contributed by atoms with Crippen molar-refractivity contribution in [3.8, 4) is 0 Å². The normalized spacial score (nSPS) is 12.6. The average Bonchev–Trinajstić information content (AvgIpc) is 2.17. The second kappa shape index (κ2) is 7.72. The first-order valence-electron chi connectivity index (χ1n) is 6.78. The molecule has 0 bridgehead atoms. The predicted molar refractivity (Wildman–Crippen MR) is 91.0 cm³/mol. The lowest BCUT2D eigenvalue weighted by atomic mass is 9.76. The first-order chi connectivity index (χ1) is 7.70. The second-order valence-electron chi connectivity index (χ2n) is 6.96. The fourth-order valence-corrected chi connectivity index (χ4v) is 2.39. The predicted octanol–water partition coefficient (Wildman–Crippen LogP) is 6.75. The summed E-state index contributed by atoms with van der Waals surface area (Å²) in [7, 11) is 0. The molecule has 0 heteroatoms. The van der Waals surface area contributed by atoms with Crippen LogP contribution in [0.5, 0.6) is 0 Å². The van der Waals surface area contributed by atoms with Crippen molar-refractivity contribution in [2.45, 2.75) is 75.7 Å². The molecule has 0 aromatic heterocycles. The monoisotopic (exact) mass is 264 g/mol. The summed E-state index contributed by atoms with van der Waals surface area (Å²) in [6.07, 6.45) is 1.26. The standard InChI is InChI=1S/C17H28.2CH4/c1-12(2)16(11-17(5,6)7)15-9-8-13(3)14(4)10-15;;/h8-10,12,16H,11H2,1-7H3;2*1H4. The fourth-order valence-electron chi connectivity index (χ4n) is 2.39. The molecule has 112 valence electrons. The van der Waals surface area contributed by atoms with Crippen LogP contribution in [0.25, 0.3) is 0 Å². The van der Waals surface area contributed by atoms with E-state index in [0.29, 0.717) is 17.3 Å². The van der Waals surface area contributed by atoms with Crippen LogP contribution in [-0.4, -0.2) is 0 Å². The third-order valence-electron chi connectivity index (χ3n) is 3.60. The third-order valence-corrected chi connectivity index (χ3v) is 3.60. The zero-order valence-corrected chi connectivity index (χ0v) is 12.6. The minimum absolute atomic E-state index is 0. The highest BCUT2D eigenvalue weighted by Crippen LogP contribution is 2.36. The van der Waals surface area contributed by atoms with E-state index in [4.69, 9.17) is 0 Å². The van der Waals surface area contributed by atoms with Gasteiger partial charge in [0.1, 0.15) is 0 Å². The van der Waals surface area contributed by atoms with Crippen LogP contribution in [0.1, 0.15) is 78.5 Å². The van der Waals surface area contributed by atoms with Gasteiger partial charge in [0.2, 0.25) is 0 Å². The van der Waals surface area contributed by atoms with Gasteiger partial charge in [0.15, 0.2) is 0 Å². The van der Waals surface area contributed by atoms with E-state index in [1.165, 1.54) is 23.1 Å². The summed E-state index contributed by atoms with van der Waals surface area (Å²) in [5, 5.41) is 0. The molecule has 0 heterocycles. The molecule has 1 atom stereocenters. The summed E-state index contributed by atoms with van der Waals surface area (Å²) in [5.41, 5.74) is 4.72. The van der Waals surface area contributed by atoms with Crippen molar-refractivity contribution >= 4 is 0 Å². The van der Waals surface area contributed by atoms with Crippen molar-refractivity contribution < 1.29 is 0 Å². The van der Waals surface area contributed by atoms with Crippen LogP contribution in [0.2, 0.25) is 0 Å². The van der Waals surface area contributed by atoms with E-state index in [1.54, 1.807) is 0 Å². The molecule has 0 aliphatic heterocycles. The molecule has 1 unspecified atom stereocenters. The lowest BCUT2D eigenvalue weighted by Crippen LogP contribution is -2.16. The largest absolute Gasteiger partial charge is 0.0776 e. The lowest BCUT2D eigenvalue weighted by molar-refractivity contribution is 0.301.